The quantitative estimate of drug-likeness (QED) is 0.769. The molecule has 2 aromatic rings. The fourth-order valence-electron chi connectivity index (χ4n) is 2.36. The SMILES string of the molecule is CCCNC(Cc1ccc(Br)cc1Cl)c1cnccc1C. The van der Waals surface area contributed by atoms with Crippen LogP contribution in [0.15, 0.2) is 41.1 Å². The van der Waals surface area contributed by atoms with Crippen molar-refractivity contribution in [3.63, 3.8) is 0 Å². The van der Waals surface area contributed by atoms with Gasteiger partial charge in [0.2, 0.25) is 0 Å². The Morgan fingerprint density at radius 2 is 2.14 bits per heavy atom. The van der Waals surface area contributed by atoms with Gasteiger partial charge in [-0.3, -0.25) is 4.98 Å². The van der Waals surface area contributed by atoms with Crippen LogP contribution in [0.1, 0.15) is 36.1 Å². The van der Waals surface area contributed by atoms with Crippen LogP contribution in [0.2, 0.25) is 5.02 Å². The smallest absolute Gasteiger partial charge is 0.0449 e. The van der Waals surface area contributed by atoms with Gasteiger partial charge in [0.1, 0.15) is 0 Å². The van der Waals surface area contributed by atoms with Crippen LogP contribution < -0.4 is 5.32 Å². The highest BCUT2D eigenvalue weighted by atomic mass is 79.9. The van der Waals surface area contributed by atoms with Crippen molar-refractivity contribution in [1.29, 1.82) is 0 Å². The Bertz CT molecular complexity index is 601. The second kappa shape index (κ2) is 7.92. The average molecular weight is 368 g/mol. The summed E-state index contributed by atoms with van der Waals surface area (Å²) < 4.78 is 1.01. The Morgan fingerprint density at radius 3 is 2.81 bits per heavy atom. The summed E-state index contributed by atoms with van der Waals surface area (Å²) in [6, 6.07) is 8.35. The van der Waals surface area contributed by atoms with Crippen molar-refractivity contribution in [2.75, 3.05) is 6.54 Å². The highest BCUT2D eigenvalue weighted by Crippen LogP contribution is 2.27. The Morgan fingerprint density at radius 1 is 1.33 bits per heavy atom. The van der Waals surface area contributed by atoms with Crippen LogP contribution >= 0.6 is 27.5 Å². The summed E-state index contributed by atoms with van der Waals surface area (Å²) in [5.74, 6) is 0. The third-order valence-electron chi connectivity index (χ3n) is 3.53. The molecule has 0 bridgehead atoms. The van der Waals surface area contributed by atoms with Crippen LogP contribution in [-0.4, -0.2) is 11.5 Å². The van der Waals surface area contributed by atoms with Crippen molar-refractivity contribution in [1.82, 2.24) is 10.3 Å². The molecule has 0 fully saturated rings. The van der Waals surface area contributed by atoms with Crippen molar-refractivity contribution >= 4 is 27.5 Å². The maximum Gasteiger partial charge on any atom is 0.0449 e. The van der Waals surface area contributed by atoms with Crippen molar-refractivity contribution in [2.45, 2.75) is 32.7 Å². The minimum absolute atomic E-state index is 0.234. The van der Waals surface area contributed by atoms with Gasteiger partial charge in [0.25, 0.3) is 0 Å². The zero-order valence-electron chi connectivity index (χ0n) is 12.4. The first kappa shape index (κ1) is 16.5. The molecule has 0 radical (unpaired) electrons. The largest absolute Gasteiger partial charge is 0.310 e. The molecule has 0 aliphatic heterocycles. The van der Waals surface area contributed by atoms with Crippen LogP contribution in [-0.2, 0) is 6.42 Å². The molecule has 1 aromatic carbocycles. The molecule has 0 spiro atoms. The number of nitrogens with one attached hydrogen (secondary N) is 1. The van der Waals surface area contributed by atoms with Gasteiger partial charge >= 0.3 is 0 Å². The third kappa shape index (κ3) is 4.53. The van der Waals surface area contributed by atoms with Crippen LogP contribution in [0.5, 0.6) is 0 Å². The Labute approximate surface area is 140 Å². The fraction of sp³-hybridized carbons (Fsp3) is 0.353. The molecule has 1 atom stereocenters. The molecule has 1 heterocycles. The van der Waals surface area contributed by atoms with Crippen molar-refractivity contribution in [2.24, 2.45) is 0 Å². The van der Waals surface area contributed by atoms with Crippen LogP contribution in [0, 0.1) is 6.92 Å². The van der Waals surface area contributed by atoms with E-state index in [9.17, 15) is 0 Å². The third-order valence-corrected chi connectivity index (χ3v) is 4.38. The first-order valence-corrected chi connectivity index (χ1v) is 8.36. The number of rotatable bonds is 6. The monoisotopic (exact) mass is 366 g/mol. The molecule has 0 aliphatic carbocycles. The Kier molecular flexibility index (Phi) is 6.22. The van der Waals surface area contributed by atoms with Crippen molar-refractivity contribution in [3.05, 3.63) is 62.8 Å². The average Bonchev–Trinajstić information content (AvgIpc) is 2.46. The van der Waals surface area contributed by atoms with Gasteiger partial charge in [0.15, 0.2) is 0 Å². The molecule has 0 saturated carbocycles. The van der Waals surface area contributed by atoms with Gasteiger partial charge in [-0.15, -0.1) is 0 Å². The van der Waals surface area contributed by atoms with E-state index in [1.165, 1.54) is 11.1 Å². The van der Waals surface area contributed by atoms with Gasteiger partial charge in [-0.2, -0.15) is 0 Å². The number of aryl methyl sites for hydroxylation is 1. The molecule has 4 heteroatoms. The van der Waals surface area contributed by atoms with Crippen molar-refractivity contribution < 1.29 is 0 Å². The lowest BCUT2D eigenvalue weighted by molar-refractivity contribution is 0.526. The summed E-state index contributed by atoms with van der Waals surface area (Å²) in [6.45, 7) is 5.28. The van der Waals surface area contributed by atoms with E-state index in [1.807, 2.05) is 24.5 Å². The van der Waals surface area contributed by atoms with Crippen LogP contribution in [0.3, 0.4) is 0 Å². The molecular formula is C17H20BrClN2. The molecule has 0 aliphatic rings. The fourth-order valence-corrected chi connectivity index (χ4v) is 3.11. The molecule has 1 N–H and O–H groups in total. The van der Waals surface area contributed by atoms with E-state index in [0.29, 0.717) is 0 Å². The van der Waals surface area contributed by atoms with Gasteiger partial charge in [-0.1, -0.05) is 40.5 Å². The summed E-state index contributed by atoms with van der Waals surface area (Å²) >= 11 is 9.81. The van der Waals surface area contributed by atoms with E-state index < -0.39 is 0 Å². The summed E-state index contributed by atoms with van der Waals surface area (Å²) in [6.07, 6.45) is 5.75. The first-order chi connectivity index (χ1) is 10.1. The summed E-state index contributed by atoms with van der Waals surface area (Å²) in [7, 11) is 0. The maximum absolute atomic E-state index is 6.36. The molecule has 21 heavy (non-hydrogen) atoms. The number of halogens is 2. The number of aromatic nitrogens is 1. The summed E-state index contributed by atoms with van der Waals surface area (Å²) in [5, 5.41) is 4.41. The molecule has 0 amide bonds. The second-order valence-electron chi connectivity index (χ2n) is 5.18. The second-order valence-corrected chi connectivity index (χ2v) is 6.50. The van der Waals surface area contributed by atoms with Gasteiger partial charge in [0, 0.05) is 27.9 Å². The standard InChI is InChI=1S/C17H20BrClN2/c1-3-7-21-17(15-11-20-8-6-12(15)2)9-13-4-5-14(18)10-16(13)19/h4-6,8,10-11,17,21H,3,7,9H2,1-2H3. The number of benzene rings is 1. The van der Waals surface area contributed by atoms with Gasteiger partial charge < -0.3 is 5.32 Å². The predicted molar refractivity (Wildman–Crippen MR) is 92.9 cm³/mol. The molecule has 2 rings (SSSR count). The molecule has 1 unspecified atom stereocenters. The zero-order valence-corrected chi connectivity index (χ0v) is 14.7. The van der Waals surface area contributed by atoms with E-state index in [0.717, 1.165) is 34.4 Å². The lowest BCUT2D eigenvalue weighted by Gasteiger charge is -2.21. The maximum atomic E-state index is 6.36. The first-order valence-electron chi connectivity index (χ1n) is 7.19. The minimum atomic E-state index is 0.234. The van der Waals surface area contributed by atoms with Crippen molar-refractivity contribution in [3.8, 4) is 0 Å². The predicted octanol–water partition coefficient (Wildman–Crippen LogP) is 5.09. The van der Waals surface area contributed by atoms with Crippen LogP contribution in [0.4, 0.5) is 0 Å². The van der Waals surface area contributed by atoms with E-state index in [2.05, 4.69) is 52.2 Å². The van der Waals surface area contributed by atoms with E-state index in [4.69, 9.17) is 11.6 Å². The highest BCUT2D eigenvalue weighted by molar-refractivity contribution is 9.10. The lowest BCUT2D eigenvalue weighted by atomic mass is 9.97. The molecule has 2 nitrogen and oxygen atoms in total. The van der Waals surface area contributed by atoms with E-state index >= 15 is 0 Å². The summed E-state index contributed by atoms with van der Waals surface area (Å²) in [4.78, 5) is 4.27. The highest BCUT2D eigenvalue weighted by Gasteiger charge is 2.15. The number of pyridine rings is 1. The van der Waals surface area contributed by atoms with E-state index in [1.54, 1.807) is 0 Å². The molecular weight excluding hydrogens is 348 g/mol. The molecule has 0 saturated heterocycles. The minimum Gasteiger partial charge on any atom is -0.310 e. The van der Waals surface area contributed by atoms with E-state index in [-0.39, 0.29) is 6.04 Å². The van der Waals surface area contributed by atoms with Crippen LogP contribution in [0.25, 0.3) is 0 Å². The zero-order chi connectivity index (χ0) is 15.2. The summed E-state index contributed by atoms with van der Waals surface area (Å²) in [5.41, 5.74) is 3.65. The van der Waals surface area contributed by atoms with Gasteiger partial charge in [-0.05, 0) is 61.2 Å². The lowest BCUT2D eigenvalue weighted by Crippen LogP contribution is -2.25. The molecule has 1 aromatic heterocycles. The normalized spacial score (nSPS) is 12.4. The Hall–Kier alpha value is -0.900. The topological polar surface area (TPSA) is 24.9 Å². The number of nitrogens with zero attached hydrogens (tertiary/aromatic N) is 1. The van der Waals surface area contributed by atoms with Gasteiger partial charge in [0.05, 0.1) is 0 Å². The Balaban J connectivity index is 2.26. The molecule has 112 valence electrons. The number of hydrogen-bond donors (Lipinski definition) is 1. The van der Waals surface area contributed by atoms with Gasteiger partial charge in [-0.25, -0.2) is 0 Å². The number of hydrogen-bond acceptors (Lipinski definition) is 2.